The van der Waals surface area contributed by atoms with Gasteiger partial charge in [0.2, 0.25) is 0 Å². The Balaban J connectivity index is 2.67. The molecule has 0 fully saturated rings. The minimum atomic E-state index is 0.154. The number of nitrogens with zero attached hydrogens (tertiary/aromatic N) is 3. The van der Waals surface area contributed by atoms with Gasteiger partial charge < -0.3 is 14.7 Å². The van der Waals surface area contributed by atoms with Crippen molar-refractivity contribution in [2.45, 2.75) is 19.8 Å². The lowest BCUT2D eigenvalue weighted by Crippen LogP contribution is -2.35. The van der Waals surface area contributed by atoms with E-state index in [1.807, 2.05) is 36.1 Å². The van der Waals surface area contributed by atoms with Gasteiger partial charge in [0.25, 0.3) is 5.91 Å². The summed E-state index contributed by atoms with van der Waals surface area (Å²) < 4.78 is 0. The molecule has 0 saturated heterocycles. The van der Waals surface area contributed by atoms with Gasteiger partial charge in [0.05, 0.1) is 0 Å². The monoisotopic (exact) mass is 305 g/mol. The van der Waals surface area contributed by atoms with Gasteiger partial charge >= 0.3 is 0 Å². The molecule has 22 heavy (non-hydrogen) atoms. The summed E-state index contributed by atoms with van der Waals surface area (Å²) in [4.78, 5) is 19.1. The molecule has 4 nitrogen and oxygen atoms in total. The van der Waals surface area contributed by atoms with Crippen molar-refractivity contribution < 1.29 is 4.79 Å². The van der Waals surface area contributed by atoms with E-state index in [1.165, 1.54) is 0 Å². The molecule has 1 aromatic carbocycles. The van der Waals surface area contributed by atoms with Crippen LogP contribution in [0.25, 0.3) is 0 Å². The average molecular weight is 305 g/mol. The maximum Gasteiger partial charge on any atom is 0.253 e. The fourth-order valence-electron chi connectivity index (χ4n) is 2.43. The quantitative estimate of drug-likeness (QED) is 0.701. The fourth-order valence-corrected chi connectivity index (χ4v) is 2.43. The first kappa shape index (κ1) is 18.7. The van der Waals surface area contributed by atoms with Crippen molar-refractivity contribution in [3.63, 3.8) is 0 Å². The highest BCUT2D eigenvalue weighted by Crippen LogP contribution is 2.09. The van der Waals surface area contributed by atoms with Crippen LogP contribution in [-0.4, -0.2) is 75.0 Å². The maximum absolute atomic E-state index is 12.7. The zero-order valence-electron chi connectivity index (χ0n) is 14.8. The van der Waals surface area contributed by atoms with Crippen LogP contribution in [0.15, 0.2) is 24.3 Å². The third-order valence-electron chi connectivity index (χ3n) is 3.62. The van der Waals surface area contributed by atoms with Gasteiger partial charge in [-0.1, -0.05) is 17.7 Å². The first-order valence-electron chi connectivity index (χ1n) is 8.05. The number of aryl methyl sites for hydroxylation is 1. The van der Waals surface area contributed by atoms with Gasteiger partial charge in [-0.3, -0.25) is 4.79 Å². The Kier molecular flexibility index (Phi) is 8.13. The second-order valence-corrected chi connectivity index (χ2v) is 6.48. The summed E-state index contributed by atoms with van der Waals surface area (Å²) in [5.74, 6) is 0.154. The lowest BCUT2D eigenvalue weighted by molar-refractivity contribution is 0.0744. The van der Waals surface area contributed by atoms with Gasteiger partial charge in [0, 0.05) is 18.7 Å². The first-order chi connectivity index (χ1) is 10.4. The second kappa shape index (κ2) is 9.59. The Morgan fingerprint density at radius 2 is 1.45 bits per heavy atom. The minimum absolute atomic E-state index is 0.154. The van der Waals surface area contributed by atoms with Crippen molar-refractivity contribution in [3.8, 4) is 0 Å². The van der Waals surface area contributed by atoms with Crippen LogP contribution in [0, 0.1) is 6.92 Å². The Hall–Kier alpha value is -1.39. The van der Waals surface area contributed by atoms with Gasteiger partial charge in [-0.2, -0.15) is 0 Å². The standard InChI is InChI=1S/C18H31N3O/c1-16-9-6-10-17(15-16)18(22)21(13-7-11-19(2)3)14-8-12-20(4)5/h6,9-10,15H,7-8,11-14H2,1-5H3. The predicted octanol–water partition coefficient (Wildman–Crippen LogP) is 2.34. The van der Waals surface area contributed by atoms with Crippen molar-refractivity contribution in [2.24, 2.45) is 0 Å². The van der Waals surface area contributed by atoms with Crippen LogP contribution in [0.2, 0.25) is 0 Å². The van der Waals surface area contributed by atoms with Crippen molar-refractivity contribution in [1.82, 2.24) is 14.7 Å². The molecule has 0 atom stereocenters. The van der Waals surface area contributed by atoms with Crippen LogP contribution >= 0.6 is 0 Å². The molecule has 0 aliphatic carbocycles. The summed E-state index contributed by atoms with van der Waals surface area (Å²) in [5, 5.41) is 0. The van der Waals surface area contributed by atoms with Crippen LogP contribution in [-0.2, 0) is 0 Å². The molecule has 1 rings (SSSR count). The number of carbonyl (C=O) groups is 1. The number of carbonyl (C=O) groups excluding carboxylic acids is 1. The molecule has 0 spiro atoms. The summed E-state index contributed by atoms with van der Waals surface area (Å²) >= 11 is 0. The number of benzene rings is 1. The molecule has 124 valence electrons. The largest absolute Gasteiger partial charge is 0.339 e. The van der Waals surface area contributed by atoms with E-state index >= 15 is 0 Å². The van der Waals surface area contributed by atoms with Crippen LogP contribution in [0.4, 0.5) is 0 Å². The summed E-state index contributed by atoms with van der Waals surface area (Å²) in [6.07, 6.45) is 2.01. The Morgan fingerprint density at radius 1 is 0.909 bits per heavy atom. The van der Waals surface area contributed by atoms with E-state index in [1.54, 1.807) is 0 Å². The molecule has 4 heteroatoms. The highest BCUT2D eigenvalue weighted by molar-refractivity contribution is 5.94. The molecule has 1 amide bonds. The lowest BCUT2D eigenvalue weighted by atomic mass is 10.1. The highest BCUT2D eigenvalue weighted by Gasteiger charge is 2.15. The fraction of sp³-hybridized carbons (Fsp3) is 0.611. The number of hydrogen-bond acceptors (Lipinski definition) is 3. The molecule has 0 heterocycles. The molecule has 0 aliphatic heterocycles. The van der Waals surface area contributed by atoms with Crippen LogP contribution < -0.4 is 0 Å². The SMILES string of the molecule is Cc1cccc(C(=O)N(CCCN(C)C)CCCN(C)C)c1. The average Bonchev–Trinajstić information content (AvgIpc) is 2.44. The topological polar surface area (TPSA) is 26.8 Å². The van der Waals surface area contributed by atoms with Crippen molar-refractivity contribution in [2.75, 3.05) is 54.4 Å². The second-order valence-electron chi connectivity index (χ2n) is 6.48. The Labute approximate surface area is 135 Å². The normalized spacial score (nSPS) is 11.2. The maximum atomic E-state index is 12.7. The molecule has 0 unspecified atom stereocenters. The van der Waals surface area contributed by atoms with Gasteiger partial charge in [-0.05, 0) is 73.2 Å². The minimum Gasteiger partial charge on any atom is -0.339 e. The summed E-state index contributed by atoms with van der Waals surface area (Å²) in [5.41, 5.74) is 1.93. The summed E-state index contributed by atoms with van der Waals surface area (Å²) in [6.45, 7) is 5.67. The zero-order valence-corrected chi connectivity index (χ0v) is 14.8. The molecule has 1 aromatic rings. The van der Waals surface area contributed by atoms with Gasteiger partial charge in [0.1, 0.15) is 0 Å². The van der Waals surface area contributed by atoms with Crippen molar-refractivity contribution >= 4 is 5.91 Å². The van der Waals surface area contributed by atoms with E-state index in [9.17, 15) is 4.79 Å². The van der Waals surface area contributed by atoms with Crippen LogP contribution in [0.1, 0.15) is 28.8 Å². The van der Waals surface area contributed by atoms with E-state index in [4.69, 9.17) is 0 Å². The van der Waals surface area contributed by atoms with Gasteiger partial charge in [-0.25, -0.2) is 0 Å². The van der Waals surface area contributed by atoms with E-state index in [0.29, 0.717) is 0 Å². The van der Waals surface area contributed by atoms with Crippen LogP contribution in [0.3, 0.4) is 0 Å². The smallest absolute Gasteiger partial charge is 0.253 e. The number of amides is 1. The van der Waals surface area contributed by atoms with E-state index in [0.717, 1.165) is 50.1 Å². The van der Waals surface area contributed by atoms with E-state index in [-0.39, 0.29) is 5.91 Å². The third kappa shape index (κ3) is 7.05. The molecule has 0 saturated carbocycles. The summed E-state index contributed by atoms with van der Waals surface area (Å²) in [6, 6.07) is 7.88. The van der Waals surface area contributed by atoms with Crippen molar-refractivity contribution in [1.29, 1.82) is 0 Å². The molecular weight excluding hydrogens is 274 g/mol. The lowest BCUT2D eigenvalue weighted by Gasteiger charge is -2.24. The Bertz CT molecular complexity index is 443. The molecule has 0 bridgehead atoms. The van der Waals surface area contributed by atoms with Crippen LogP contribution in [0.5, 0.6) is 0 Å². The molecule has 0 radical (unpaired) electrons. The van der Waals surface area contributed by atoms with Gasteiger partial charge in [0.15, 0.2) is 0 Å². The summed E-state index contributed by atoms with van der Waals surface area (Å²) in [7, 11) is 8.27. The molecule has 0 aliphatic rings. The number of hydrogen-bond donors (Lipinski definition) is 0. The van der Waals surface area contributed by atoms with Crippen molar-refractivity contribution in [3.05, 3.63) is 35.4 Å². The van der Waals surface area contributed by atoms with E-state index in [2.05, 4.69) is 38.0 Å². The molecular formula is C18H31N3O. The number of rotatable bonds is 9. The molecule has 0 aromatic heterocycles. The first-order valence-corrected chi connectivity index (χ1v) is 8.05. The van der Waals surface area contributed by atoms with E-state index < -0.39 is 0 Å². The Morgan fingerprint density at radius 3 is 1.91 bits per heavy atom. The molecule has 0 N–H and O–H groups in total. The van der Waals surface area contributed by atoms with Gasteiger partial charge in [-0.15, -0.1) is 0 Å². The third-order valence-corrected chi connectivity index (χ3v) is 3.62. The predicted molar refractivity (Wildman–Crippen MR) is 93.4 cm³/mol. The highest BCUT2D eigenvalue weighted by atomic mass is 16.2. The zero-order chi connectivity index (χ0) is 16.5.